The Morgan fingerprint density at radius 3 is 2.78 bits per heavy atom. The lowest BCUT2D eigenvalue weighted by molar-refractivity contribution is 0.0943. The molecule has 1 aromatic carbocycles. The molecule has 2 aromatic heterocycles. The first-order valence-electron chi connectivity index (χ1n) is 11.7. The fourth-order valence-corrected chi connectivity index (χ4v) is 5.28. The van der Waals surface area contributed by atoms with Gasteiger partial charge in [0, 0.05) is 54.7 Å². The van der Waals surface area contributed by atoms with Gasteiger partial charge in [-0.3, -0.25) is 14.4 Å². The maximum Gasteiger partial charge on any atom is 0.272 e. The highest BCUT2D eigenvalue weighted by Gasteiger charge is 2.31. The zero-order valence-corrected chi connectivity index (χ0v) is 19.5. The molecule has 0 radical (unpaired) electrons. The molecular weight excluding hydrogens is 418 g/mol. The van der Waals surface area contributed by atoms with Crippen LogP contribution in [-0.2, 0) is 32.4 Å². The van der Waals surface area contributed by atoms with Gasteiger partial charge >= 0.3 is 0 Å². The van der Waals surface area contributed by atoms with Crippen molar-refractivity contribution >= 4 is 17.2 Å². The van der Waals surface area contributed by atoms with Crippen molar-refractivity contribution in [1.29, 1.82) is 0 Å². The second-order valence-electron chi connectivity index (χ2n) is 8.97. The molecule has 0 spiro atoms. The highest BCUT2D eigenvalue weighted by atomic mass is 32.1. The number of aromatic nitrogens is 3. The molecule has 2 aliphatic rings. The number of carbonyl (C=O) groups excluding carboxylic acids is 1. The molecule has 0 bridgehead atoms. The number of aryl methyl sites for hydroxylation is 4. The third kappa shape index (κ3) is 4.94. The predicted octanol–water partition coefficient (Wildman–Crippen LogP) is 3.77. The summed E-state index contributed by atoms with van der Waals surface area (Å²) >= 11 is 1.70. The summed E-state index contributed by atoms with van der Waals surface area (Å²) in [6.07, 6.45) is 6.26. The fraction of sp³-hybridized carbons (Fsp3) is 0.480. The Bertz CT molecular complexity index is 1070. The first-order chi connectivity index (χ1) is 15.7. The van der Waals surface area contributed by atoms with Gasteiger partial charge in [0.2, 0.25) is 0 Å². The van der Waals surface area contributed by atoms with Gasteiger partial charge in [0.1, 0.15) is 0 Å². The summed E-state index contributed by atoms with van der Waals surface area (Å²) in [6, 6.07) is 11.0. The Morgan fingerprint density at radius 1 is 1.19 bits per heavy atom. The Morgan fingerprint density at radius 2 is 2.03 bits per heavy atom. The molecule has 1 amide bonds. The highest BCUT2D eigenvalue weighted by molar-refractivity contribution is 7.09. The first kappa shape index (κ1) is 21.3. The van der Waals surface area contributed by atoms with Crippen LogP contribution in [0.1, 0.15) is 57.1 Å². The third-order valence-corrected chi connectivity index (χ3v) is 7.51. The number of nitrogens with one attached hydrogen (secondary N) is 1. The number of fused-ring (bicyclic) bond motifs is 1. The van der Waals surface area contributed by atoms with Crippen molar-refractivity contribution in [2.75, 3.05) is 13.1 Å². The lowest BCUT2D eigenvalue weighted by Gasteiger charge is -2.27. The van der Waals surface area contributed by atoms with Crippen molar-refractivity contribution < 1.29 is 4.79 Å². The number of carbonyl (C=O) groups is 1. The van der Waals surface area contributed by atoms with E-state index in [4.69, 9.17) is 5.10 Å². The van der Waals surface area contributed by atoms with Crippen LogP contribution in [0.3, 0.4) is 0 Å². The molecule has 1 fully saturated rings. The largest absolute Gasteiger partial charge is 0.348 e. The maximum absolute atomic E-state index is 13.0. The minimum absolute atomic E-state index is 0.00241. The summed E-state index contributed by atoms with van der Waals surface area (Å²) < 4.78 is 2.09. The normalized spacial score (nSPS) is 16.2. The number of rotatable bonds is 9. The van der Waals surface area contributed by atoms with Gasteiger partial charge in [0.15, 0.2) is 5.69 Å². The highest BCUT2D eigenvalue weighted by Crippen LogP contribution is 2.26. The van der Waals surface area contributed by atoms with Crippen LogP contribution in [0, 0.1) is 6.92 Å². The van der Waals surface area contributed by atoms with Gasteiger partial charge in [0.25, 0.3) is 5.91 Å². The van der Waals surface area contributed by atoms with Gasteiger partial charge < -0.3 is 5.32 Å². The van der Waals surface area contributed by atoms with Gasteiger partial charge in [-0.05, 0) is 44.7 Å². The van der Waals surface area contributed by atoms with Gasteiger partial charge in [-0.2, -0.15) is 5.10 Å². The van der Waals surface area contributed by atoms with Crippen LogP contribution in [-0.4, -0.2) is 44.7 Å². The topological polar surface area (TPSA) is 63.1 Å². The molecule has 0 unspecified atom stereocenters. The van der Waals surface area contributed by atoms with Crippen LogP contribution in [0.4, 0.5) is 0 Å². The molecule has 5 rings (SSSR count). The second kappa shape index (κ2) is 9.55. The predicted molar refractivity (Wildman–Crippen MR) is 127 cm³/mol. The van der Waals surface area contributed by atoms with Crippen molar-refractivity contribution in [3.8, 4) is 0 Å². The molecule has 0 saturated heterocycles. The van der Waals surface area contributed by atoms with Gasteiger partial charge in [0.05, 0.1) is 11.2 Å². The molecule has 1 aliphatic heterocycles. The lowest BCUT2D eigenvalue weighted by Crippen LogP contribution is -2.34. The van der Waals surface area contributed by atoms with Crippen LogP contribution in [0.2, 0.25) is 0 Å². The second-order valence-corrected chi connectivity index (χ2v) is 9.91. The van der Waals surface area contributed by atoms with E-state index in [1.54, 1.807) is 11.3 Å². The molecule has 3 heterocycles. The zero-order chi connectivity index (χ0) is 21.9. The van der Waals surface area contributed by atoms with Crippen LogP contribution in [0.5, 0.6) is 0 Å². The number of amides is 1. The average molecular weight is 450 g/mol. The van der Waals surface area contributed by atoms with Crippen molar-refractivity contribution in [3.05, 3.63) is 68.9 Å². The summed E-state index contributed by atoms with van der Waals surface area (Å²) in [6.45, 7) is 5.75. The molecule has 6 nitrogen and oxygen atoms in total. The van der Waals surface area contributed by atoms with Crippen molar-refractivity contribution in [3.63, 3.8) is 0 Å². The van der Waals surface area contributed by atoms with Crippen LogP contribution < -0.4 is 5.32 Å². The first-order valence-corrected chi connectivity index (χ1v) is 12.6. The minimum Gasteiger partial charge on any atom is -0.348 e. The van der Waals surface area contributed by atoms with E-state index in [9.17, 15) is 4.79 Å². The zero-order valence-electron chi connectivity index (χ0n) is 18.7. The van der Waals surface area contributed by atoms with Crippen molar-refractivity contribution in [2.24, 2.45) is 0 Å². The minimum atomic E-state index is 0.00241. The summed E-state index contributed by atoms with van der Waals surface area (Å²) in [7, 11) is 0. The number of nitrogens with zero attached hydrogens (tertiary/aromatic N) is 4. The van der Waals surface area contributed by atoms with Gasteiger partial charge in [-0.1, -0.05) is 30.3 Å². The Kier molecular flexibility index (Phi) is 6.37. The molecule has 32 heavy (non-hydrogen) atoms. The summed E-state index contributed by atoms with van der Waals surface area (Å²) in [5.74, 6) is 0.00241. The molecule has 1 N–H and O–H groups in total. The molecule has 0 atom stereocenters. The Hall–Kier alpha value is -2.51. The summed E-state index contributed by atoms with van der Waals surface area (Å²) in [5, 5.41) is 7.98. The van der Waals surface area contributed by atoms with E-state index in [1.807, 2.05) is 5.51 Å². The van der Waals surface area contributed by atoms with E-state index in [0.717, 1.165) is 76.0 Å². The molecule has 1 aliphatic carbocycles. The van der Waals surface area contributed by atoms with Crippen LogP contribution in [0.25, 0.3) is 0 Å². The van der Waals surface area contributed by atoms with Crippen molar-refractivity contribution in [1.82, 2.24) is 25.0 Å². The fourth-order valence-electron chi connectivity index (χ4n) is 4.51. The Balaban J connectivity index is 1.28. The van der Waals surface area contributed by atoms with E-state index < -0.39 is 0 Å². The monoisotopic (exact) mass is 449 g/mol. The number of benzene rings is 1. The number of thiazole rings is 1. The van der Waals surface area contributed by atoms with E-state index in [0.29, 0.717) is 11.7 Å². The standard InChI is InChI=1S/C25H31N5OS/c1-18-23(32-17-26-18)12-15-30-22-11-14-29(13-5-8-19-6-3-2-4-7-19)16-21(22)24(28-30)25(31)27-20-9-10-20/h2-4,6-7,17,20H,5,8-16H2,1H3,(H,27,31). The average Bonchev–Trinajstić information content (AvgIpc) is 3.41. The Labute approximate surface area is 193 Å². The van der Waals surface area contributed by atoms with Crippen LogP contribution >= 0.6 is 11.3 Å². The van der Waals surface area contributed by atoms with Crippen LogP contribution in [0.15, 0.2) is 35.8 Å². The van der Waals surface area contributed by atoms with E-state index in [2.05, 4.69) is 57.1 Å². The lowest BCUT2D eigenvalue weighted by atomic mass is 10.0. The third-order valence-electron chi connectivity index (χ3n) is 6.52. The summed E-state index contributed by atoms with van der Waals surface area (Å²) in [4.78, 5) is 21.1. The molecular formula is C25H31N5OS. The molecule has 1 saturated carbocycles. The molecule has 3 aromatic rings. The van der Waals surface area contributed by atoms with Gasteiger partial charge in [-0.25, -0.2) is 4.98 Å². The van der Waals surface area contributed by atoms with E-state index in [-0.39, 0.29) is 5.91 Å². The van der Waals surface area contributed by atoms with E-state index in [1.165, 1.54) is 16.1 Å². The number of hydrogen-bond donors (Lipinski definition) is 1. The summed E-state index contributed by atoms with van der Waals surface area (Å²) in [5.41, 5.74) is 7.42. The quantitative estimate of drug-likeness (QED) is 0.540. The maximum atomic E-state index is 13.0. The van der Waals surface area contributed by atoms with E-state index >= 15 is 0 Å². The smallest absolute Gasteiger partial charge is 0.272 e. The molecule has 7 heteroatoms. The molecule has 168 valence electrons. The van der Waals surface area contributed by atoms with Crippen molar-refractivity contribution in [2.45, 2.75) is 64.6 Å². The number of hydrogen-bond acceptors (Lipinski definition) is 5. The SMILES string of the molecule is Cc1ncsc1CCn1nc(C(=O)NC2CC2)c2c1CCN(CCCc1ccccc1)C2. The van der Waals surface area contributed by atoms with Gasteiger partial charge in [-0.15, -0.1) is 11.3 Å².